The van der Waals surface area contributed by atoms with Crippen molar-refractivity contribution in [3.63, 3.8) is 0 Å². The summed E-state index contributed by atoms with van der Waals surface area (Å²) in [5.41, 5.74) is -1.01. The number of benzene rings is 1. The molecule has 0 amide bonds. The molecule has 4 fully saturated rings. The molecular weight excluding hydrogens is 465 g/mol. The minimum absolute atomic E-state index is 0.128. The van der Waals surface area contributed by atoms with E-state index in [1.807, 2.05) is 0 Å². The van der Waals surface area contributed by atoms with E-state index in [9.17, 15) is 21.6 Å². The summed E-state index contributed by atoms with van der Waals surface area (Å²) in [6.45, 7) is 1.88. The Morgan fingerprint density at radius 2 is 1.56 bits per heavy atom. The first kappa shape index (κ1) is 24.5. The van der Waals surface area contributed by atoms with Crippen LogP contribution in [-0.2, 0) is 20.9 Å². The quantitative estimate of drug-likeness (QED) is 0.538. The highest BCUT2D eigenvalue weighted by atomic mass is 32.2. The number of alkyl halides is 3. The molecule has 1 aromatic rings. The van der Waals surface area contributed by atoms with E-state index in [1.165, 1.54) is 44.9 Å². The molecule has 1 aromatic carbocycles. The molecule has 9 heteroatoms. The monoisotopic (exact) mass is 500 g/mol. The average Bonchev–Trinajstić information content (AvgIpc) is 3.47. The van der Waals surface area contributed by atoms with E-state index in [0.717, 1.165) is 69.0 Å². The van der Waals surface area contributed by atoms with E-state index in [4.69, 9.17) is 4.74 Å². The Bertz CT molecular complexity index is 949. The molecule has 2 heterocycles. The summed E-state index contributed by atoms with van der Waals surface area (Å²) < 4.78 is 72.8. The van der Waals surface area contributed by atoms with E-state index in [2.05, 4.69) is 9.62 Å². The van der Waals surface area contributed by atoms with Crippen LogP contribution in [0, 0.1) is 11.8 Å². The van der Waals surface area contributed by atoms with Crippen molar-refractivity contribution in [2.24, 2.45) is 11.8 Å². The third-order valence-corrected chi connectivity index (χ3v) is 10.1. The smallest absolute Gasteiger partial charge is 0.353 e. The SMILES string of the molecule is O=S(=O)(NC1CCC(C2(N3CCCC3C3CCCCC3)CO2)CC1)c1ccc(C(F)(F)F)cc1. The van der Waals surface area contributed by atoms with Crippen molar-refractivity contribution in [3.05, 3.63) is 29.8 Å². The third kappa shape index (κ3) is 4.90. The van der Waals surface area contributed by atoms with Crippen molar-refractivity contribution < 1.29 is 26.3 Å². The molecule has 4 aliphatic rings. The Hall–Kier alpha value is -1.16. The molecule has 2 saturated heterocycles. The average molecular weight is 501 g/mol. The van der Waals surface area contributed by atoms with Gasteiger partial charge < -0.3 is 4.74 Å². The third-order valence-electron chi connectivity index (χ3n) is 8.60. The summed E-state index contributed by atoms with van der Waals surface area (Å²) in [5.74, 6) is 1.19. The van der Waals surface area contributed by atoms with Gasteiger partial charge in [-0.15, -0.1) is 0 Å². The van der Waals surface area contributed by atoms with Crippen LogP contribution in [-0.4, -0.2) is 44.3 Å². The first-order chi connectivity index (χ1) is 16.2. The Labute approximate surface area is 200 Å². The van der Waals surface area contributed by atoms with Gasteiger partial charge in [-0.05, 0) is 81.5 Å². The largest absolute Gasteiger partial charge is 0.416 e. The molecule has 34 heavy (non-hydrogen) atoms. The number of likely N-dealkylation sites (tertiary alicyclic amines) is 1. The van der Waals surface area contributed by atoms with Crippen LogP contribution >= 0.6 is 0 Å². The molecule has 2 aliphatic heterocycles. The molecule has 2 atom stereocenters. The van der Waals surface area contributed by atoms with E-state index >= 15 is 0 Å². The Morgan fingerprint density at radius 1 is 0.912 bits per heavy atom. The second-order valence-corrected chi connectivity index (χ2v) is 12.3. The van der Waals surface area contributed by atoms with Crippen LogP contribution in [0.2, 0.25) is 0 Å². The van der Waals surface area contributed by atoms with E-state index in [1.54, 1.807) is 0 Å². The summed E-state index contributed by atoms with van der Waals surface area (Å²) in [6.07, 6.45) is 7.94. The normalized spacial score (nSPS) is 33.8. The molecule has 5 rings (SSSR count). The first-order valence-corrected chi connectivity index (χ1v) is 14.3. The minimum Gasteiger partial charge on any atom is -0.353 e. The van der Waals surface area contributed by atoms with Gasteiger partial charge in [0.05, 0.1) is 17.1 Å². The summed E-state index contributed by atoms with van der Waals surface area (Å²) in [4.78, 5) is 2.54. The molecule has 0 bridgehead atoms. The van der Waals surface area contributed by atoms with Crippen molar-refractivity contribution in [1.82, 2.24) is 9.62 Å². The van der Waals surface area contributed by atoms with Crippen molar-refractivity contribution >= 4 is 10.0 Å². The Balaban J connectivity index is 1.18. The molecule has 2 aliphatic carbocycles. The summed E-state index contributed by atoms with van der Waals surface area (Å²) in [6, 6.07) is 4.12. The van der Waals surface area contributed by atoms with Gasteiger partial charge in [0.2, 0.25) is 10.0 Å². The van der Waals surface area contributed by atoms with Crippen LogP contribution < -0.4 is 4.72 Å². The van der Waals surface area contributed by atoms with E-state index < -0.39 is 21.8 Å². The highest BCUT2D eigenvalue weighted by Gasteiger charge is 2.59. The number of hydrogen-bond acceptors (Lipinski definition) is 4. The minimum atomic E-state index is -4.49. The standard InChI is InChI=1S/C25H35F3N2O3S/c26-25(27,28)20-10-14-22(15-11-20)34(31,32)29-21-12-8-19(9-13-21)24(17-33-24)30-16-4-7-23(30)18-5-2-1-3-6-18/h10-11,14-15,18-19,21,23,29H,1-9,12-13,16-17H2. The number of halogens is 3. The fraction of sp³-hybridized carbons (Fsp3) is 0.760. The van der Waals surface area contributed by atoms with Gasteiger partial charge in [-0.25, -0.2) is 13.1 Å². The summed E-state index contributed by atoms with van der Waals surface area (Å²) in [7, 11) is -3.86. The second-order valence-electron chi connectivity index (χ2n) is 10.6. The lowest BCUT2D eigenvalue weighted by molar-refractivity contribution is -0.137. The van der Waals surface area contributed by atoms with Crippen LogP contribution in [0.1, 0.15) is 76.2 Å². The zero-order valence-corrected chi connectivity index (χ0v) is 20.3. The molecule has 5 nitrogen and oxygen atoms in total. The lowest BCUT2D eigenvalue weighted by atomic mass is 9.79. The Kier molecular flexibility index (Phi) is 6.76. The van der Waals surface area contributed by atoms with E-state index in [0.29, 0.717) is 12.0 Å². The summed E-state index contributed by atoms with van der Waals surface area (Å²) >= 11 is 0. The fourth-order valence-electron chi connectivity index (χ4n) is 6.75. The predicted octanol–water partition coefficient (Wildman–Crippen LogP) is 5.31. The number of nitrogens with one attached hydrogen (secondary N) is 1. The second kappa shape index (κ2) is 9.37. The fourth-order valence-corrected chi connectivity index (χ4v) is 8.06. The van der Waals surface area contributed by atoms with Crippen molar-refractivity contribution in [3.8, 4) is 0 Å². The number of epoxide rings is 1. The zero-order chi connectivity index (χ0) is 24.0. The van der Waals surface area contributed by atoms with Gasteiger partial charge in [-0.2, -0.15) is 13.2 Å². The predicted molar refractivity (Wildman–Crippen MR) is 122 cm³/mol. The molecule has 0 spiro atoms. The van der Waals surface area contributed by atoms with Gasteiger partial charge in [-0.3, -0.25) is 4.90 Å². The Morgan fingerprint density at radius 3 is 2.15 bits per heavy atom. The molecule has 1 N–H and O–H groups in total. The van der Waals surface area contributed by atoms with Crippen molar-refractivity contribution in [2.75, 3.05) is 13.2 Å². The molecule has 2 unspecified atom stereocenters. The molecule has 2 saturated carbocycles. The number of hydrogen-bond donors (Lipinski definition) is 1. The summed E-state index contributed by atoms with van der Waals surface area (Å²) in [5, 5.41) is 0. The highest BCUT2D eigenvalue weighted by molar-refractivity contribution is 7.89. The van der Waals surface area contributed by atoms with Gasteiger partial charge in [-0.1, -0.05) is 19.3 Å². The van der Waals surface area contributed by atoms with Crippen LogP contribution in [0.4, 0.5) is 13.2 Å². The van der Waals surface area contributed by atoms with Gasteiger partial charge in [0.1, 0.15) is 5.72 Å². The maximum absolute atomic E-state index is 12.8. The molecule has 190 valence electrons. The lowest BCUT2D eigenvalue weighted by Crippen LogP contribution is -2.51. The maximum Gasteiger partial charge on any atom is 0.416 e. The number of nitrogens with zero attached hydrogens (tertiary/aromatic N) is 1. The van der Waals surface area contributed by atoms with Gasteiger partial charge in [0, 0.05) is 24.5 Å². The zero-order valence-electron chi connectivity index (χ0n) is 19.5. The van der Waals surface area contributed by atoms with Gasteiger partial charge in [0.15, 0.2) is 0 Å². The van der Waals surface area contributed by atoms with Crippen molar-refractivity contribution in [1.29, 1.82) is 0 Å². The van der Waals surface area contributed by atoms with Crippen LogP contribution in [0.15, 0.2) is 29.2 Å². The molecule has 0 radical (unpaired) electrons. The lowest BCUT2D eigenvalue weighted by Gasteiger charge is -2.42. The number of ether oxygens (including phenoxy) is 1. The molecule has 0 aromatic heterocycles. The maximum atomic E-state index is 12.8. The molecular formula is C25H35F3N2O3S. The number of sulfonamides is 1. The van der Waals surface area contributed by atoms with Crippen LogP contribution in [0.5, 0.6) is 0 Å². The van der Waals surface area contributed by atoms with Crippen LogP contribution in [0.3, 0.4) is 0 Å². The highest BCUT2D eigenvalue weighted by Crippen LogP contribution is 2.50. The van der Waals surface area contributed by atoms with Crippen LogP contribution in [0.25, 0.3) is 0 Å². The van der Waals surface area contributed by atoms with Crippen molar-refractivity contribution in [2.45, 2.75) is 99.5 Å². The van der Waals surface area contributed by atoms with Gasteiger partial charge >= 0.3 is 6.18 Å². The topological polar surface area (TPSA) is 61.9 Å². The van der Waals surface area contributed by atoms with Gasteiger partial charge in [0.25, 0.3) is 0 Å². The first-order valence-electron chi connectivity index (χ1n) is 12.8. The number of rotatable bonds is 6. The van der Waals surface area contributed by atoms with E-state index in [-0.39, 0.29) is 16.7 Å².